The van der Waals surface area contributed by atoms with Crippen LogP contribution >= 0.6 is 0 Å². The second-order valence-corrected chi connectivity index (χ2v) is 11.7. The van der Waals surface area contributed by atoms with Crippen LogP contribution in [0.2, 0.25) is 0 Å². The summed E-state index contributed by atoms with van der Waals surface area (Å²) in [5.74, 6) is -0.527. The van der Waals surface area contributed by atoms with Crippen LogP contribution < -0.4 is 5.32 Å². The lowest BCUT2D eigenvalue weighted by atomic mass is 9.80. The number of halogens is 4. The molecular formula is C32H29F4N5O2. The molecule has 0 bridgehead atoms. The molecule has 43 heavy (non-hydrogen) atoms. The Morgan fingerprint density at radius 2 is 1.86 bits per heavy atom. The summed E-state index contributed by atoms with van der Waals surface area (Å²) in [6, 6.07) is 13.7. The van der Waals surface area contributed by atoms with Gasteiger partial charge in [0.25, 0.3) is 0 Å². The molecular weight excluding hydrogens is 562 g/mol. The van der Waals surface area contributed by atoms with Crippen LogP contribution in [0, 0.1) is 5.82 Å². The fourth-order valence-corrected chi connectivity index (χ4v) is 5.87. The van der Waals surface area contributed by atoms with E-state index >= 15 is 4.39 Å². The summed E-state index contributed by atoms with van der Waals surface area (Å²) < 4.78 is 67.1. The first-order valence-electron chi connectivity index (χ1n) is 14.3. The minimum absolute atomic E-state index is 0.00645. The molecule has 2 saturated carbocycles. The summed E-state index contributed by atoms with van der Waals surface area (Å²) in [5, 5.41) is 21.7. The Morgan fingerprint density at radius 3 is 2.49 bits per heavy atom. The van der Waals surface area contributed by atoms with Gasteiger partial charge in [-0.05, 0) is 78.5 Å². The number of rotatable bonds is 8. The number of benzene rings is 3. The summed E-state index contributed by atoms with van der Waals surface area (Å²) in [6.07, 6.45) is 0.593. The van der Waals surface area contributed by atoms with Crippen molar-refractivity contribution in [2.75, 3.05) is 6.54 Å². The van der Waals surface area contributed by atoms with E-state index in [2.05, 4.69) is 20.5 Å². The SMILES string of the molecule is Cn1cnnc1-c1c(-c2ccccc2)cc(C2CC2)c(F)c1-c1nc2cc(CNCC3(O)CCC3)cc(C(F)(F)F)c2o1. The maximum absolute atomic E-state index is 16.6. The first-order valence-corrected chi connectivity index (χ1v) is 14.3. The molecule has 0 atom stereocenters. The number of aliphatic hydroxyl groups is 1. The van der Waals surface area contributed by atoms with Crippen molar-refractivity contribution in [1.29, 1.82) is 0 Å². The summed E-state index contributed by atoms with van der Waals surface area (Å²) in [6.45, 7) is 0.371. The highest BCUT2D eigenvalue weighted by Gasteiger charge is 2.38. The number of nitrogens with zero attached hydrogens (tertiary/aromatic N) is 4. The van der Waals surface area contributed by atoms with Gasteiger partial charge in [-0.1, -0.05) is 30.3 Å². The quantitative estimate of drug-likeness (QED) is 0.189. The highest BCUT2D eigenvalue weighted by atomic mass is 19.4. The van der Waals surface area contributed by atoms with Gasteiger partial charge in [-0.3, -0.25) is 0 Å². The van der Waals surface area contributed by atoms with Crippen LogP contribution in [0.25, 0.3) is 45.1 Å². The fraction of sp³-hybridized carbons (Fsp3) is 0.344. The summed E-state index contributed by atoms with van der Waals surface area (Å²) in [7, 11) is 1.72. The standard InChI is InChI=1S/C32H29F4N5O2/c1-41-17-38-40-29(41)25-21(19-6-3-2-4-7-19)14-22(20-8-9-20)27(33)26(25)30-39-24-13-18(15-37-16-31(42)10-5-11-31)12-23(28(24)43-30)32(34,35)36/h2-4,6-7,12-14,17,20,37,42H,5,8-11,15-16H2,1H3. The monoisotopic (exact) mass is 591 g/mol. The molecule has 0 spiro atoms. The molecule has 2 aliphatic carbocycles. The third kappa shape index (κ3) is 5.10. The minimum Gasteiger partial charge on any atom is -0.435 e. The van der Waals surface area contributed by atoms with E-state index in [-0.39, 0.29) is 36.0 Å². The Balaban J connectivity index is 1.43. The molecule has 0 radical (unpaired) electrons. The number of hydrogen-bond donors (Lipinski definition) is 2. The molecule has 5 aromatic rings. The molecule has 3 aromatic carbocycles. The van der Waals surface area contributed by atoms with E-state index in [0.717, 1.165) is 30.9 Å². The number of aryl methyl sites for hydroxylation is 1. The number of alkyl halides is 3. The molecule has 7 nitrogen and oxygen atoms in total. The largest absolute Gasteiger partial charge is 0.435 e. The average molecular weight is 592 g/mol. The van der Waals surface area contributed by atoms with Crippen molar-refractivity contribution in [2.45, 2.75) is 56.3 Å². The van der Waals surface area contributed by atoms with E-state index < -0.39 is 28.7 Å². The van der Waals surface area contributed by atoms with Crippen LogP contribution in [-0.4, -0.2) is 37.0 Å². The van der Waals surface area contributed by atoms with E-state index in [1.54, 1.807) is 17.7 Å². The number of hydrogen-bond acceptors (Lipinski definition) is 6. The zero-order valence-electron chi connectivity index (χ0n) is 23.4. The van der Waals surface area contributed by atoms with Crippen LogP contribution in [-0.2, 0) is 19.8 Å². The Bertz CT molecular complexity index is 1820. The van der Waals surface area contributed by atoms with Crippen LogP contribution in [0.15, 0.2) is 59.3 Å². The molecule has 222 valence electrons. The van der Waals surface area contributed by atoms with E-state index in [1.165, 1.54) is 12.4 Å². The van der Waals surface area contributed by atoms with Crippen molar-refractivity contribution < 1.29 is 27.1 Å². The predicted octanol–water partition coefficient (Wildman–Crippen LogP) is 7.00. The number of oxazole rings is 1. The lowest BCUT2D eigenvalue weighted by molar-refractivity contribution is -0.136. The zero-order valence-corrected chi connectivity index (χ0v) is 23.4. The second kappa shape index (κ2) is 10.3. The third-order valence-electron chi connectivity index (χ3n) is 8.47. The maximum Gasteiger partial charge on any atom is 0.420 e. The van der Waals surface area contributed by atoms with E-state index in [1.807, 2.05) is 30.3 Å². The number of aromatic nitrogens is 4. The molecule has 0 aliphatic heterocycles. The van der Waals surface area contributed by atoms with Crippen molar-refractivity contribution in [3.63, 3.8) is 0 Å². The third-order valence-corrected chi connectivity index (χ3v) is 8.47. The van der Waals surface area contributed by atoms with Gasteiger partial charge < -0.3 is 19.4 Å². The van der Waals surface area contributed by atoms with Gasteiger partial charge in [0, 0.05) is 25.7 Å². The van der Waals surface area contributed by atoms with Crippen molar-refractivity contribution in [2.24, 2.45) is 7.05 Å². The first kappa shape index (κ1) is 27.7. The van der Waals surface area contributed by atoms with E-state index in [4.69, 9.17) is 4.42 Å². The second-order valence-electron chi connectivity index (χ2n) is 11.7. The Labute approximate surface area is 244 Å². The molecule has 7 rings (SSSR count). The van der Waals surface area contributed by atoms with Crippen LogP contribution in [0.4, 0.5) is 17.6 Å². The van der Waals surface area contributed by atoms with Crippen molar-refractivity contribution in [3.05, 3.63) is 77.4 Å². The Hall–Kier alpha value is -4.09. The van der Waals surface area contributed by atoms with Crippen molar-refractivity contribution in [1.82, 2.24) is 25.1 Å². The molecule has 2 fully saturated rings. The normalized spacial score (nSPS) is 16.5. The first-order chi connectivity index (χ1) is 20.6. The topological polar surface area (TPSA) is 89.0 Å². The number of fused-ring (bicyclic) bond motifs is 1. The van der Waals surface area contributed by atoms with E-state index in [0.29, 0.717) is 40.9 Å². The highest BCUT2D eigenvalue weighted by molar-refractivity contribution is 5.93. The zero-order chi connectivity index (χ0) is 29.9. The molecule has 11 heteroatoms. The van der Waals surface area contributed by atoms with E-state index in [9.17, 15) is 18.3 Å². The fourth-order valence-electron chi connectivity index (χ4n) is 5.87. The molecule has 0 unspecified atom stereocenters. The Morgan fingerprint density at radius 1 is 1.09 bits per heavy atom. The summed E-state index contributed by atoms with van der Waals surface area (Å²) in [5.41, 5.74) is 0.212. The van der Waals surface area contributed by atoms with Crippen molar-refractivity contribution >= 4 is 11.1 Å². The Kier molecular flexibility index (Phi) is 6.62. The minimum atomic E-state index is -4.74. The summed E-state index contributed by atoms with van der Waals surface area (Å²) >= 11 is 0. The molecule has 2 N–H and O–H groups in total. The molecule has 0 saturated heterocycles. The maximum atomic E-state index is 16.6. The molecule has 2 heterocycles. The molecule has 2 aliphatic rings. The van der Waals surface area contributed by atoms with Crippen LogP contribution in [0.5, 0.6) is 0 Å². The molecule has 2 aromatic heterocycles. The predicted molar refractivity (Wildman–Crippen MR) is 152 cm³/mol. The lowest BCUT2D eigenvalue weighted by Gasteiger charge is -2.36. The summed E-state index contributed by atoms with van der Waals surface area (Å²) in [4.78, 5) is 4.48. The van der Waals surface area contributed by atoms with Gasteiger partial charge in [-0.25, -0.2) is 9.37 Å². The van der Waals surface area contributed by atoms with Crippen molar-refractivity contribution in [3.8, 4) is 34.0 Å². The van der Waals surface area contributed by atoms with Gasteiger partial charge in [0.15, 0.2) is 11.4 Å². The van der Waals surface area contributed by atoms with Gasteiger partial charge >= 0.3 is 6.18 Å². The van der Waals surface area contributed by atoms with Gasteiger partial charge in [0.05, 0.1) is 11.2 Å². The number of nitrogens with one attached hydrogen (secondary N) is 1. The highest BCUT2D eigenvalue weighted by Crippen LogP contribution is 2.49. The van der Waals surface area contributed by atoms with Crippen LogP contribution in [0.3, 0.4) is 0 Å². The van der Waals surface area contributed by atoms with Crippen LogP contribution in [0.1, 0.15) is 54.7 Å². The average Bonchev–Trinajstić information content (AvgIpc) is 3.58. The molecule has 0 amide bonds. The van der Waals surface area contributed by atoms with Gasteiger partial charge in [0.2, 0.25) is 5.89 Å². The van der Waals surface area contributed by atoms with Gasteiger partial charge in [-0.15, -0.1) is 10.2 Å². The smallest absolute Gasteiger partial charge is 0.420 e. The van der Waals surface area contributed by atoms with Gasteiger partial charge in [0.1, 0.15) is 23.2 Å². The lowest BCUT2D eigenvalue weighted by Crippen LogP contribution is -2.45. The van der Waals surface area contributed by atoms with Gasteiger partial charge in [-0.2, -0.15) is 13.2 Å².